The minimum absolute atomic E-state index is 0. The Morgan fingerprint density at radius 3 is 2.94 bits per heavy atom. The van der Waals surface area contributed by atoms with Gasteiger partial charge in [-0.3, -0.25) is 4.79 Å². The highest BCUT2D eigenvalue weighted by Crippen LogP contribution is 2.27. The summed E-state index contributed by atoms with van der Waals surface area (Å²) in [7, 11) is 0. The van der Waals surface area contributed by atoms with E-state index in [1.54, 1.807) is 0 Å². The van der Waals surface area contributed by atoms with Crippen molar-refractivity contribution in [1.29, 1.82) is 0 Å². The number of rotatable bonds is 2. The number of halogens is 2. The summed E-state index contributed by atoms with van der Waals surface area (Å²) < 4.78 is 0. The fourth-order valence-corrected chi connectivity index (χ4v) is 2.99. The average molecular weight is 295 g/mol. The van der Waals surface area contributed by atoms with E-state index in [0.717, 1.165) is 31.5 Å². The van der Waals surface area contributed by atoms with Crippen LogP contribution in [-0.4, -0.2) is 25.0 Å². The maximum absolute atomic E-state index is 11.9. The second-order valence-electron chi connectivity index (χ2n) is 4.08. The topological polar surface area (TPSA) is 41.1 Å². The summed E-state index contributed by atoms with van der Waals surface area (Å²) in [5.41, 5.74) is 0.971. The molecule has 1 aromatic heterocycles. The van der Waals surface area contributed by atoms with E-state index in [0.29, 0.717) is 9.90 Å². The molecule has 6 heteroatoms. The minimum Gasteiger partial charge on any atom is -0.347 e. The molecule has 0 spiro atoms. The molecule has 3 nitrogen and oxygen atoms in total. The molecule has 1 unspecified atom stereocenters. The van der Waals surface area contributed by atoms with Crippen LogP contribution < -0.4 is 10.6 Å². The van der Waals surface area contributed by atoms with Gasteiger partial charge in [0.05, 0.1) is 5.02 Å². The Morgan fingerprint density at radius 2 is 2.41 bits per heavy atom. The normalized spacial score (nSPS) is 19.5. The summed E-state index contributed by atoms with van der Waals surface area (Å²) in [6.45, 7) is 3.82. The largest absolute Gasteiger partial charge is 0.347 e. The molecule has 1 amide bonds. The molecule has 1 atom stereocenters. The van der Waals surface area contributed by atoms with Gasteiger partial charge < -0.3 is 10.6 Å². The van der Waals surface area contributed by atoms with Gasteiger partial charge in [0.25, 0.3) is 5.91 Å². The van der Waals surface area contributed by atoms with Gasteiger partial charge in [0.1, 0.15) is 4.88 Å². The quantitative estimate of drug-likeness (QED) is 0.880. The summed E-state index contributed by atoms with van der Waals surface area (Å²) in [6, 6.07) is 0.236. The van der Waals surface area contributed by atoms with Crippen LogP contribution in [0.2, 0.25) is 5.02 Å². The zero-order valence-corrected chi connectivity index (χ0v) is 12.0. The molecule has 0 saturated carbocycles. The highest BCUT2D eigenvalue weighted by molar-refractivity contribution is 7.13. The fraction of sp³-hybridized carbons (Fsp3) is 0.545. The molecule has 1 fully saturated rings. The first-order valence-corrected chi connectivity index (χ1v) is 6.69. The Kier molecular flexibility index (Phi) is 5.73. The summed E-state index contributed by atoms with van der Waals surface area (Å²) in [5.74, 6) is -0.0446. The highest BCUT2D eigenvalue weighted by Gasteiger charge is 2.19. The Morgan fingerprint density at radius 1 is 1.65 bits per heavy atom. The Balaban J connectivity index is 0.00000144. The van der Waals surface area contributed by atoms with Crippen molar-refractivity contribution < 1.29 is 4.79 Å². The fourth-order valence-electron chi connectivity index (χ4n) is 1.81. The Labute approximate surface area is 116 Å². The Bertz CT molecular complexity index is 389. The highest BCUT2D eigenvalue weighted by atomic mass is 35.5. The average Bonchev–Trinajstić information content (AvgIpc) is 2.61. The standard InChI is InChI=1S/C11H15ClN2OS.ClH/c1-7-6-16-10(9(7)12)11(15)14-8-3-2-4-13-5-8;/h6,8,13H,2-5H2,1H3,(H,14,15);1H. The first kappa shape index (κ1) is 14.8. The van der Waals surface area contributed by atoms with Gasteiger partial charge >= 0.3 is 0 Å². The van der Waals surface area contributed by atoms with Gasteiger partial charge in [-0.25, -0.2) is 0 Å². The molecular weight excluding hydrogens is 279 g/mol. The van der Waals surface area contributed by atoms with Crippen LogP contribution in [0.1, 0.15) is 28.1 Å². The molecule has 0 radical (unpaired) electrons. The van der Waals surface area contributed by atoms with Gasteiger partial charge in [0.2, 0.25) is 0 Å². The third kappa shape index (κ3) is 3.58. The monoisotopic (exact) mass is 294 g/mol. The third-order valence-corrected chi connectivity index (χ3v) is 4.43. The first-order chi connectivity index (χ1) is 7.68. The van der Waals surface area contributed by atoms with Crippen molar-refractivity contribution in [2.75, 3.05) is 13.1 Å². The summed E-state index contributed by atoms with van der Waals surface area (Å²) >= 11 is 7.46. The molecule has 96 valence electrons. The lowest BCUT2D eigenvalue weighted by molar-refractivity contribution is 0.0935. The van der Waals surface area contributed by atoms with Gasteiger partial charge in [-0.1, -0.05) is 11.6 Å². The van der Waals surface area contributed by atoms with Crippen LogP contribution >= 0.6 is 35.3 Å². The molecule has 17 heavy (non-hydrogen) atoms. The van der Waals surface area contributed by atoms with Crippen molar-refractivity contribution in [3.05, 3.63) is 20.8 Å². The molecule has 1 saturated heterocycles. The zero-order valence-electron chi connectivity index (χ0n) is 9.59. The predicted octanol–water partition coefficient (Wildman–Crippen LogP) is 2.61. The van der Waals surface area contributed by atoms with Crippen LogP contribution in [0.25, 0.3) is 0 Å². The number of piperidine rings is 1. The lowest BCUT2D eigenvalue weighted by atomic mass is 10.1. The number of carbonyl (C=O) groups excluding carboxylic acids is 1. The van der Waals surface area contributed by atoms with Gasteiger partial charge in [-0.15, -0.1) is 23.7 Å². The molecule has 0 aliphatic carbocycles. The number of nitrogens with one attached hydrogen (secondary N) is 2. The van der Waals surface area contributed by atoms with Crippen LogP contribution in [0.3, 0.4) is 0 Å². The second kappa shape index (κ2) is 6.59. The van der Waals surface area contributed by atoms with E-state index < -0.39 is 0 Å². The van der Waals surface area contributed by atoms with Crippen LogP contribution in [-0.2, 0) is 0 Å². The number of thiophene rings is 1. The van der Waals surface area contributed by atoms with Crippen molar-refractivity contribution >= 4 is 41.3 Å². The van der Waals surface area contributed by atoms with Crippen LogP contribution in [0, 0.1) is 6.92 Å². The van der Waals surface area contributed by atoms with E-state index in [1.165, 1.54) is 11.3 Å². The zero-order chi connectivity index (χ0) is 11.5. The second-order valence-corrected chi connectivity index (χ2v) is 5.34. The molecule has 2 N–H and O–H groups in total. The smallest absolute Gasteiger partial charge is 0.263 e. The molecule has 1 aliphatic rings. The van der Waals surface area contributed by atoms with Crippen molar-refractivity contribution in [3.63, 3.8) is 0 Å². The number of amides is 1. The van der Waals surface area contributed by atoms with Gasteiger partial charge in [0, 0.05) is 12.6 Å². The van der Waals surface area contributed by atoms with Crippen LogP contribution in [0.4, 0.5) is 0 Å². The van der Waals surface area contributed by atoms with E-state index in [2.05, 4.69) is 10.6 Å². The molecule has 0 bridgehead atoms. The van der Waals surface area contributed by atoms with E-state index in [9.17, 15) is 4.79 Å². The summed E-state index contributed by atoms with van der Waals surface area (Å²) in [6.07, 6.45) is 2.16. The number of hydrogen-bond donors (Lipinski definition) is 2. The number of hydrogen-bond acceptors (Lipinski definition) is 3. The molecule has 1 aliphatic heterocycles. The van der Waals surface area contributed by atoms with Crippen molar-refractivity contribution in [1.82, 2.24) is 10.6 Å². The Hall–Kier alpha value is -0.290. The lowest BCUT2D eigenvalue weighted by Crippen LogP contribution is -2.45. The third-order valence-electron chi connectivity index (χ3n) is 2.74. The summed E-state index contributed by atoms with van der Waals surface area (Å²) in [4.78, 5) is 12.6. The minimum atomic E-state index is -0.0446. The summed E-state index contributed by atoms with van der Waals surface area (Å²) in [5, 5.41) is 8.78. The van der Waals surface area contributed by atoms with Crippen molar-refractivity contribution in [2.45, 2.75) is 25.8 Å². The van der Waals surface area contributed by atoms with Crippen LogP contribution in [0.15, 0.2) is 5.38 Å². The van der Waals surface area contributed by atoms with Crippen molar-refractivity contribution in [2.24, 2.45) is 0 Å². The molecule has 2 heterocycles. The molecule has 1 aromatic rings. The molecule has 2 rings (SSSR count). The molecule has 0 aromatic carbocycles. The van der Waals surface area contributed by atoms with E-state index in [4.69, 9.17) is 11.6 Å². The lowest BCUT2D eigenvalue weighted by Gasteiger charge is -2.23. The predicted molar refractivity (Wildman–Crippen MR) is 74.7 cm³/mol. The van der Waals surface area contributed by atoms with E-state index >= 15 is 0 Å². The SMILES string of the molecule is Cc1csc(C(=O)NC2CCCNC2)c1Cl.Cl. The number of carbonyl (C=O) groups is 1. The van der Waals surface area contributed by atoms with Crippen LogP contribution in [0.5, 0.6) is 0 Å². The maximum Gasteiger partial charge on any atom is 0.263 e. The maximum atomic E-state index is 11.9. The van der Waals surface area contributed by atoms with Gasteiger partial charge in [-0.2, -0.15) is 0 Å². The van der Waals surface area contributed by atoms with E-state index in [1.807, 2.05) is 12.3 Å². The first-order valence-electron chi connectivity index (χ1n) is 5.43. The van der Waals surface area contributed by atoms with Crippen molar-refractivity contribution in [3.8, 4) is 0 Å². The van der Waals surface area contributed by atoms with Gasteiger partial charge in [-0.05, 0) is 37.3 Å². The van der Waals surface area contributed by atoms with Gasteiger partial charge in [0.15, 0.2) is 0 Å². The number of aryl methyl sites for hydroxylation is 1. The van der Waals surface area contributed by atoms with E-state index in [-0.39, 0.29) is 24.4 Å². The molecular formula is C11H16Cl2N2OS.